The zero-order chi connectivity index (χ0) is 16.1. The third-order valence-electron chi connectivity index (χ3n) is 2.88. The van der Waals surface area contributed by atoms with E-state index in [1.54, 1.807) is 13.2 Å². The average Bonchev–Trinajstić information content (AvgIpc) is 2.58. The molecule has 2 rings (SSSR count). The molecule has 0 heterocycles. The molecule has 1 nitrogen and oxygen atoms in total. The lowest BCUT2D eigenvalue weighted by molar-refractivity contribution is 0.415. The number of ether oxygens (including phenoxy) is 1. The van der Waals surface area contributed by atoms with Crippen molar-refractivity contribution >= 4 is 6.08 Å². The number of methoxy groups -OCH3 is 1. The predicted molar refractivity (Wildman–Crippen MR) is 95.0 cm³/mol. The number of hydrogen-bond donors (Lipinski definition) is 0. The highest BCUT2D eigenvalue weighted by Gasteiger charge is 1.87. The smallest absolute Gasteiger partial charge is 0.118 e. The SMILES string of the molecule is C=Cc1ccc(OC)cc1.CC.CCc1ccc(C)cc1. The number of benzene rings is 2. The lowest BCUT2D eigenvalue weighted by Crippen LogP contribution is -1.80. The van der Waals surface area contributed by atoms with Crippen molar-refractivity contribution in [2.75, 3.05) is 7.11 Å². The molecule has 21 heavy (non-hydrogen) atoms. The molecule has 0 unspecified atom stereocenters. The van der Waals surface area contributed by atoms with Crippen LogP contribution in [0.25, 0.3) is 6.08 Å². The molecule has 0 N–H and O–H groups in total. The first-order chi connectivity index (χ1) is 10.2. The van der Waals surface area contributed by atoms with Crippen LogP contribution in [0, 0.1) is 6.92 Å². The molecule has 2 aromatic rings. The van der Waals surface area contributed by atoms with Gasteiger partial charge in [-0.25, -0.2) is 0 Å². The Kier molecular flexibility index (Phi) is 10.6. The molecule has 0 amide bonds. The van der Waals surface area contributed by atoms with Gasteiger partial charge in [0.1, 0.15) is 5.75 Å². The van der Waals surface area contributed by atoms with Gasteiger partial charge in [-0.1, -0.05) is 75.4 Å². The first kappa shape index (κ1) is 19.0. The summed E-state index contributed by atoms with van der Waals surface area (Å²) in [5, 5.41) is 0. The predicted octanol–water partition coefficient (Wildman–Crippen LogP) is 5.92. The second-order valence-electron chi connectivity index (χ2n) is 4.32. The van der Waals surface area contributed by atoms with E-state index >= 15 is 0 Å². The largest absolute Gasteiger partial charge is 0.497 e. The van der Waals surface area contributed by atoms with Gasteiger partial charge in [-0.2, -0.15) is 0 Å². The molecule has 0 aliphatic rings. The summed E-state index contributed by atoms with van der Waals surface area (Å²) in [4.78, 5) is 0. The fraction of sp³-hybridized carbons (Fsp3) is 0.300. The van der Waals surface area contributed by atoms with E-state index in [4.69, 9.17) is 4.74 Å². The maximum absolute atomic E-state index is 4.98. The van der Waals surface area contributed by atoms with Crippen molar-refractivity contribution in [2.24, 2.45) is 0 Å². The lowest BCUT2D eigenvalue weighted by atomic mass is 10.1. The molecule has 0 spiro atoms. The van der Waals surface area contributed by atoms with Crippen LogP contribution >= 0.6 is 0 Å². The molecule has 0 bridgehead atoms. The van der Waals surface area contributed by atoms with Crippen molar-refractivity contribution in [2.45, 2.75) is 34.1 Å². The highest BCUT2D eigenvalue weighted by molar-refractivity contribution is 5.48. The molecule has 0 aromatic heterocycles. The van der Waals surface area contributed by atoms with E-state index < -0.39 is 0 Å². The number of hydrogen-bond acceptors (Lipinski definition) is 1. The minimum Gasteiger partial charge on any atom is -0.497 e. The van der Waals surface area contributed by atoms with Crippen LogP contribution in [-0.2, 0) is 6.42 Å². The van der Waals surface area contributed by atoms with Gasteiger partial charge < -0.3 is 4.74 Å². The summed E-state index contributed by atoms with van der Waals surface area (Å²) < 4.78 is 4.98. The molecule has 0 saturated carbocycles. The summed E-state index contributed by atoms with van der Waals surface area (Å²) in [5.74, 6) is 0.880. The standard InChI is InChI=1S/C9H10O.C9H12.C2H6/c1-3-8-4-6-9(10-2)7-5-8;1-3-9-6-4-8(2)5-7-9;1-2/h3-7H,1H2,2H3;4-7H,3H2,1-2H3;1-2H3. The Morgan fingerprint density at radius 1 is 0.952 bits per heavy atom. The minimum absolute atomic E-state index is 0.880. The van der Waals surface area contributed by atoms with Crippen LogP contribution in [-0.4, -0.2) is 7.11 Å². The first-order valence-electron chi connectivity index (χ1n) is 7.51. The third kappa shape index (κ3) is 7.98. The van der Waals surface area contributed by atoms with Crippen LogP contribution in [0.4, 0.5) is 0 Å². The monoisotopic (exact) mass is 284 g/mol. The van der Waals surface area contributed by atoms with E-state index in [-0.39, 0.29) is 0 Å². The van der Waals surface area contributed by atoms with E-state index in [1.807, 2.05) is 38.1 Å². The van der Waals surface area contributed by atoms with Crippen molar-refractivity contribution < 1.29 is 4.74 Å². The topological polar surface area (TPSA) is 9.23 Å². The van der Waals surface area contributed by atoms with E-state index in [9.17, 15) is 0 Å². The maximum atomic E-state index is 4.98. The fourth-order valence-electron chi connectivity index (χ4n) is 1.56. The van der Waals surface area contributed by atoms with E-state index in [0.717, 1.165) is 17.7 Å². The van der Waals surface area contributed by atoms with E-state index in [1.165, 1.54) is 11.1 Å². The highest BCUT2D eigenvalue weighted by Crippen LogP contribution is 2.11. The molecule has 0 aliphatic heterocycles. The first-order valence-corrected chi connectivity index (χ1v) is 7.51. The van der Waals surface area contributed by atoms with Gasteiger partial charge in [-0.05, 0) is 36.6 Å². The fourth-order valence-corrected chi connectivity index (χ4v) is 1.56. The second kappa shape index (κ2) is 11.8. The maximum Gasteiger partial charge on any atom is 0.118 e. The molecule has 2 aromatic carbocycles. The molecular formula is C20H28O. The van der Waals surface area contributed by atoms with Crippen molar-refractivity contribution in [3.63, 3.8) is 0 Å². The zero-order valence-corrected chi connectivity index (χ0v) is 14.0. The number of rotatable bonds is 3. The Bertz CT molecular complexity index is 480. The van der Waals surface area contributed by atoms with Crippen LogP contribution in [0.15, 0.2) is 55.1 Å². The zero-order valence-electron chi connectivity index (χ0n) is 14.0. The Morgan fingerprint density at radius 3 is 1.86 bits per heavy atom. The van der Waals surface area contributed by atoms with Gasteiger partial charge in [-0.3, -0.25) is 0 Å². The van der Waals surface area contributed by atoms with E-state index in [2.05, 4.69) is 44.7 Å². The molecule has 1 heteroatoms. The third-order valence-corrected chi connectivity index (χ3v) is 2.88. The summed E-state index contributed by atoms with van der Waals surface area (Å²) in [6.45, 7) is 11.9. The molecule has 114 valence electrons. The summed E-state index contributed by atoms with van der Waals surface area (Å²) in [6.07, 6.45) is 2.94. The second-order valence-corrected chi connectivity index (χ2v) is 4.32. The Balaban J connectivity index is 0.000000342. The molecule has 0 atom stereocenters. The van der Waals surface area contributed by atoms with E-state index in [0.29, 0.717) is 0 Å². The minimum atomic E-state index is 0.880. The molecule has 0 fully saturated rings. The highest BCUT2D eigenvalue weighted by atomic mass is 16.5. The molecule has 0 radical (unpaired) electrons. The number of aryl methyl sites for hydroxylation is 2. The lowest BCUT2D eigenvalue weighted by Gasteiger charge is -1.97. The average molecular weight is 284 g/mol. The summed E-state index contributed by atoms with van der Waals surface area (Å²) in [7, 11) is 1.66. The van der Waals surface area contributed by atoms with Gasteiger partial charge in [0.15, 0.2) is 0 Å². The van der Waals surface area contributed by atoms with Crippen molar-refractivity contribution in [1.82, 2.24) is 0 Å². The van der Waals surface area contributed by atoms with Crippen molar-refractivity contribution in [3.8, 4) is 5.75 Å². The van der Waals surface area contributed by atoms with Gasteiger partial charge in [0.2, 0.25) is 0 Å². The summed E-state index contributed by atoms with van der Waals surface area (Å²) in [6, 6.07) is 16.4. The van der Waals surface area contributed by atoms with Gasteiger partial charge >= 0.3 is 0 Å². The van der Waals surface area contributed by atoms with Gasteiger partial charge in [-0.15, -0.1) is 0 Å². The normalized spacial score (nSPS) is 8.62. The molecular weight excluding hydrogens is 256 g/mol. The Hall–Kier alpha value is -2.02. The quantitative estimate of drug-likeness (QED) is 0.679. The van der Waals surface area contributed by atoms with Crippen LogP contribution in [0.5, 0.6) is 5.75 Å². The van der Waals surface area contributed by atoms with Gasteiger partial charge in [0.05, 0.1) is 7.11 Å². The van der Waals surface area contributed by atoms with Crippen LogP contribution in [0.2, 0.25) is 0 Å². The van der Waals surface area contributed by atoms with Crippen LogP contribution in [0.1, 0.15) is 37.5 Å². The molecule has 0 saturated heterocycles. The summed E-state index contributed by atoms with van der Waals surface area (Å²) in [5.41, 5.74) is 3.87. The Labute approximate surface area is 130 Å². The van der Waals surface area contributed by atoms with Crippen LogP contribution in [0.3, 0.4) is 0 Å². The van der Waals surface area contributed by atoms with Crippen LogP contribution < -0.4 is 4.74 Å². The molecule has 0 aliphatic carbocycles. The van der Waals surface area contributed by atoms with Crippen molar-refractivity contribution in [3.05, 3.63) is 71.8 Å². The Morgan fingerprint density at radius 2 is 1.48 bits per heavy atom. The van der Waals surface area contributed by atoms with Crippen molar-refractivity contribution in [1.29, 1.82) is 0 Å². The summed E-state index contributed by atoms with van der Waals surface area (Å²) >= 11 is 0. The van der Waals surface area contributed by atoms with Gasteiger partial charge in [0, 0.05) is 0 Å². The van der Waals surface area contributed by atoms with Gasteiger partial charge in [0.25, 0.3) is 0 Å².